The maximum absolute atomic E-state index is 13.0. The van der Waals surface area contributed by atoms with Gasteiger partial charge in [-0.3, -0.25) is 4.79 Å². The van der Waals surface area contributed by atoms with E-state index in [4.69, 9.17) is 17.3 Å². The molecule has 0 unspecified atom stereocenters. The van der Waals surface area contributed by atoms with Gasteiger partial charge < -0.3 is 10.3 Å². The lowest BCUT2D eigenvalue weighted by Gasteiger charge is -2.10. The topological polar surface area (TPSA) is 48.0 Å². The van der Waals surface area contributed by atoms with Gasteiger partial charge >= 0.3 is 0 Å². The molecule has 0 spiro atoms. The number of hydrogen-bond acceptors (Lipinski definition) is 2. The fourth-order valence-corrected chi connectivity index (χ4v) is 2.96. The Bertz CT molecular complexity index is 1010. The Morgan fingerprint density at radius 1 is 1.28 bits per heavy atom. The maximum atomic E-state index is 13.0. The van der Waals surface area contributed by atoms with Crippen LogP contribution in [0.2, 0.25) is 0 Å². The molecule has 1 heterocycles. The van der Waals surface area contributed by atoms with Gasteiger partial charge in [0.25, 0.3) is 5.56 Å². The van der Waals surface area contributed by atoms with Crippen LogP contribution < -0.4 is 21.9 Å². The van der Waals surface area contributed by atoms with E-state index in [9.17, 15) is 4.79 Å². The van der Waals surface area contributed by atoms with Crippen LogP contribution in [0.5, 0.6) is 0 Å². The molecule has 0 aliphatic heterocycles. The van der Waals surface area contributed by atoms with Crippen molar-refractivity contribution in [3.05, 3.63) is 61.4 Å². The smallest absolute Gasteiger partial charge is 0.258 e. The molecule has 0 aliphatic carbocycles. The summed E-state index contributed by atoms with van der Waals surface area (Å²) in [6, 6.07) is 7.55. The van der Waals surface area contributed by atoms with Gasteiger partial charge in [-0.2, -0.15) is 0 Å². The minimum atomic E-state index is -0.0656. The number of nitrogens with two attached hydrogens (primary N) is 1. The second-order valence-corrected chi connectivity index (χ2v) is 6.66. The monoisotopic (exact) mass is 356 g/mol. The van der Waals surface area contributed by atoms with Crippen molar-refractivity contribution in [3.63, 3.8) is 0 Å². The van der Waals surface area contributed by atoms with Crippen molar-refractivity contribution in [2.24, 2.45) is 7.05 Å². The van der Waals surface area contributed by atoms with E-state index in [0.717, 1.165) is 33.7 Å². The summed E-state index contributed by atoms with van der Waals surface area (Å²) >= 11 is 6.40. The van der Waals surface area contributed by atoms with Crippen LogP contribution >= 0.6 is 11.6 Å². The van der Waals surface area contributed by atoms with Crippen molar-refractivity contribution in [3.8, 4) is 11.1 Å². The molecule has 4 heteroatoms. The number of nitrogens with zero attached hydrogens (tertiary/aromatic N) is 1. The number of nitrogen functional groups attached to an aromatic ring is 1. The average molecular weight is 357 g/mol. The number of benzene rings is 1. The zero-order chi connectivity index (χ0) is 18.7. The maximum Gasteiger partial charge on any atom is 0.258 e. The van der Waals surface area contributed by atoms with E-state index in [1.165, 1.54) is 0 Å². The van der Waals surface area contributed by atoms with E-state index < -0.39 is 0 Å². The summed E-state index contributed by atoms with van der Waals surface area (Å²) in [5.74, 6) is 0. The van der Waals surface area contributed by atoms with Crippen molar-refractivity contribution in [2.75, 3.05) is 5.73 Å². The second kappa shape index (κ2) is 7.75. The van der Waals surface area contributed by atoms with E-state index in [1.807, 2.05) is 57.2 Å². The third-order valence-electron chi connectivity index (χ3n) is 4.56. The number of pyridine rings is 1. The Hall–Kier alpha value is -2.26. The molecule has 2 N–H and O–H groups in total. The summed E-state index contributed by atoms with van der Waals surface area (Å²) in [4.78, 5) is 13.0. The zero-order valence-corrected chi connectivity index (χ0v) is 16.2. The highest BCUT2D eigenvalue weighted by molar-refractivity contribution is 6.34. The molecule has 0 aliphatic rings. The van der Waals surface area contributed by atoms with E-state index in [0.29, 0.717) is 16.3 Å². The van der Waals surface area contributed by atoms with Gasteiger partial charge in [0.15, 0.2) is 0 Å². The Morgan fingerprint density at radius 2 is 1.96 bits per heavy atom. The van der Waals surface area contributed by atoms with Crippen molar-refractivity contribution in [2.45, 2.75) is 34.1 Å². The van der Waals surface area contributed by atoms with E-state index in [-0.39, 0.29) is 5.56 Å². The highest BCUT2D eigenvalue weighted by Crippen LogP contribution is 2.21. The predicted octanol–water partition coefficient (Wildman–Crippen LogP) is 3.45. The van der Waals surface area contributed by atoms with Crippen LogP contribution in [0.4, 0.5) is 5.69 Å². The van der Waals surface area contributed by atoms with Crippen LogP contribution in [-0.4, -0.2) is 4.57 Å². The largest absolute Gasteiger partial charge is 0.399 e. The molecule has 0 saturated heterocycles. The quantitative estimate of drug-likeness (QED) is 0.856. The molecule has 2 rings (SSSR count). The molecule has 2 aromatic rings. The lowest BCUT2D eigenvalue weighted by molar-refractivity contribution is 0.820. The van der Waals surface area contributed by atoms with Gasteiger partial charge in [-0.05, 0) is 67.8 Å². The zero-order valence-electron chi connectivity index (χ0n) is 15.5. The standard InChI is InChI=1S/C21H25ClN2O/c1-6-13(3)19(22)12-20-15(7-2)10-18(21(25)24(20)5)17-11-16(23)9-8-14(17)4/h7-12H,6,23H2,1-5H3/b15-7-,19-13-,20-12+. The van der Waals surface area contributed by atoms with Gasteiger partial charge in [0.05, 0.1) is 5.35 Å². The molecule has 1 aromatic carbocycles. The third kappa shape index (κ3) is 3.88. The van der Waals surface area contributed by atoms with Crippen molar-refractivity contribution >= 4 is 29.4 Å². The van der Waals surface area contributed by atoms with Crippen LogP contribution in [0.25, 0.3) is 23.3 Å². The Balaban J connectivity index is 2.88. The molecule has 132 valence electrons. The fourth-order valence-electron chi connectivity index (χ4n) is 2.72. The third-order valence-corrected chi connectivity index (χ3v) is 4.99. The normalized spacial score (nSPS) is 14.0. The SMILES string of the molecule is C/C=c1/cc(-c2cc(N)ccc2C)c(=O)n(C)/c1=C/C(Cl)=C(\C)CC. The minimum Gasteiger partial charge on any atom is -0.399 e. The summed E-state index contributed by atoms with van der Waals surface area (Å²) in [6.45, 7) is 7.99. The molecule has 25 heavy (non-hydrogen) atoms. The number of rotatable bonds is 3. The van der Waals surface area contributed by atoms with Gasteiger partial charge in [0.2, 0.25) is 0 Å². The lowest BCUT2D eigenvalue weighted by atomic mass is 10.00. The Morgan fingerprint density at radius 3 is 2.56 bits per heavy atom. The first-order valence-electron chi connectivity index (χ1n) is 8.40. The van der Waals surface area contributed by atoms with Crippen molar-refractivity contribution in [1.29, 1.82) is 0 Å². The molecule has 3 nitrogen and oxygen atoms in total. The highest BCUT2D eigenvalue weighted by Gasteiger charge is 2.10. The Kier molecular flexibility index (Phi) is 5.91. The molecule has 0 fully saturated rings. The van der Waals surface area contributed by atoms with Crippen LogP contribution in [0, 0.1) is 6.92 Å². The number of halogens is 1. The molecule has 0 atom stereocenters. The highest BCUT2D eigenvalue weighted by atomic mass is 35.5. The summed E-state index contributed by atoms with van der Waals surface area (Å²) in [5.41, 5.74) is 10.1. The van der Waals surface area contributed by atoms with Gasteiger partial charge in [-0.25, -0.2) is 0 Å². The van der Waals surface area contributed by atoms with Crippen molar-refractivity contribution < 1.29 is 0 Å². The fraction of sp³-hybridized carbons (Fsp3) is 0.286. The molecule has 1 aromatic heterocycles. The lowest BCUT2D eigenvalue weighted by Crippen LogP contribution is -2.42. The number of hydrogen-bond donors (Lipinski definition) is 1. The van der Waals surface area contributed by atoms with Gasteiger partial charge in [-0.1, -0.05) is 36.2 Å². The number of aromatic nitrogens is 1. The molecular formula is C21H25ClN2O. The molecular weight excluding hydrogens is 332 g/mol. The summed E-state index contributed by atoms with van der Waals surface area (Å²) in [7, 11) is 1.78. The summed E-state index contributed by atoms with van der Waals surface area (Å²) < 4.78 is 1.65. The van der Waals surface area contributed by atoms with Crippen LogP contribution in [0.15, 0.2) is 39.7 Å². The first-order valence-corrected chi connectivity index (χ1v) is 8.77. The second-order valence-electron chi connectivity index (χ2n) is 6.25. The van der Waals surface area contributed by atoms with Gasteiger partial charge in [0.1, 0.15) is 0 Å². The van der Waals surface area contributed by atoms with Crippen molar-refractivity contribution in [1.82, 2.24) is 4.57 Å². The van der Waals surface area contributed by atoms with E-state index in [1.54, 1.807) is 11.6 Å². The van der Waals surface area contributed by atoms with Gasteiger partial charge in [0, 0.05) is 23.3 Å². The Labute approximate surface area is 153 Å². The minimum absolute atomic E-state index is 0.0656. The summed E-state index contributed by atoms with van der Waals surface area (Å²) in [5, 5.41) is 2.44. The predicted molar refractivity (Wildman–Crippen MR) is 109 cm³/mol. The van der Waals surface area contributed by atoms with Crippen LogP contribution in [0.3, 0.4) is 0 Å². The number of allylic oxidation sites excluding steroid dienone is 2. The molecule has 0 radical (unpaired) electrons. The molecule has 0 saturated carbocycles. The molecule has 0 bridgehead atoms. The van der Waals surface area contributed by atoms with Crippen LogP contribution in [-0.2, 0) is 7.05 Å². The average Bonchev–Trinajstić information content (AvgIpc) is 2.60. The number of aryl methyl sites for hydroxylation is 1. The molecule has 0 amide bonds. The first kappa shape index (κ1) is 19.1. The first-order chi connectivity index (χ1) is 11.8. The van der Waals surface area contributed by atoms with E-state index in [2.05, 4.69) is 6.92 Å². The van der Waals surface area contributed by atoms with E-state index >= 15 is 0 Å². The summed E-state index contributed by atoms with van der Waals surface area (Å²) in [6.07, 6.45) is 4.73. The van der Waals surface area contributed by atoms with Gasteiger partial charge in [-0.15, -0.1) is 0 Å². The van der Waals surface area contributed by atoms with Crippen LogP contribution in [0.1, 0.15) is 32.8 Å². The number of anilines is 1.